The van der Waals surface area contributed by atoms with E-state index >= 15 is 0 Å². The van der Waals surface area contributed by atoms with Crippen LogP contribution >= 0.6 is 0 Å². The Balaban J connectivity index is 1.40. The molecule has 1 atom stereocenters. The number of hydrogen-bond donors (Lipinski definition) is 1. The Hall–Kier alpha value is -1.73. The number of nitrogens with one attached hydrogen (secondary N) is 1. The molecule has 2 aromatic heterocycles. The minimum atomic E-state index is 0.469. The Morgan fingerprint density at radius 3 is 2.68 bits per heavy atom. The van der Waals surface area contributed by atoms with Gasteiger partial charge < -0.3 is 9.55 Å². The van der Waals surface area contributed by atoms with Crippen molar-refractivity contribution < 1.29 is 0 Å². The number of hydrogen-bond acceptors (Lipinski definition) is 5. The van der Waals surface area contributed by atoms with Gasteiger partial charge in [0.15, 0.2) is 0 Å². The monoisotopic (exact) mass is 343 g/mol. The molecule has 7 heteroatoms. The number of aromatic nitrogens is 5. The van der Waals surface area contributed by atoms with Gasteiger partial charge in [0.25, 0.3) is 0 Å². The first kappa shape index (κ1) is 16.7. The van der Waals surface area contributed by atoms with Crippen molar-refractivity contribution >= 4 is 0 Å². The first-order chi connectivity index (χ1) is 12.3. The van der Waals surface area contributed by atoms with Crippen molar-refractivity contribution in [2.45, 2.75) is 51.1 Å². The van der Waals surface area contributed by atoms with Crippen LogP contribution in [0.25, 0.3) is 0 Å². The van der Waals surface area contributed by atoms with Crippen molar-refractivity contribution in [1.82, 2.24) is 34.5 Å². The molecule has 4 rings (SSSR count). The Morgan fingerprint density at radius 2 is 1.88 bits per heavy atom. The second-order valence-corrected chi connectivity index (χ2v) is 7.48. The van der Waals surface area contributed by atoms with Crippen LogP contribution in [0.3, 0.4) is 0 Å². The van der Waals surface area contributed by atoms with Gasteiger partial charge in [-0.25, -0.2) is 4.98 Å². The average molecular weight is 343 g/mol. The van der Waals surface area contributed by atoms with Crippen molar-refractivity contribution in [1.29, 1.82) is 0 Å². The van der Waals surface area contributed by atoms with Gasteiger partial charge in [0, 0.05) is 31.9 Å². The van der Waals surface area contributed by atoms with Crippen LogP contribution in [0, 0.1) is 0 Å². The maximum atomic E-state index is 4.57. The van der Waals surface area contributed by atoms with Gasteiger partial charge in [0.05, 0.1) is 13.1 Å². The summed E-state index contributed by atoms with van der Waals surface area (Å²) in [6.45, 7) is 6.39. The maximum absolute atomic E-state index is 4.57. The van der Waals surface area contributed by atoms with Crippen molar-refractivity contribution in [3.8, 4) is 0 Å². The standard InChI is InChI=1S/C18H29N7/c1-23-17(14-24-9-3-2-4-10-24)21-22-18(23)15-6-5-11-25(12-15)13-16-19-7-8-20-16/h7-8,15H,2-6,9-14H2,1H3,(H,19,20)/t15-/m1/s1. The van der Waals surface area contributed by atoms with Crippen LogP contribution in [-0.4, -0.2) is 60.7 Å². The third-order valence-electron chi connectivity index (χ3n) is 5.61. The lowest BCUT2D eigenvalue weighted by Gasteiger charge is -2.31. The van der Waals surface area contributed by atoms with Crippen LogP contribution in [-0.2, 0) is 20.1 Å². The van der Waals surface area contributed by atoms with Gasteiger partial charge in [-0.05, 0) is 45.3 Å². The number of rotatable bonds is 5. The zero-order valence-electron chi connectivity index (χ0n) is 15.2. The Kier molecular flexibility index (Phi) is 5.12. The Morgan fingerprint density at radius 1 is 1.04 bits per heavy atom. The Bertz CT molecular complexity index is 657. The molecule has 2 aliphatic rings. The third kappa shape index (κ3) is 3.93. The van der Waals surface area contributed by atoms with Gasteiger partial charge in [-0.1, -0.05) is 6.42 Å². The summed E-state index contributed by atoms with van der Waals surface area (Å²) in [5, 5.41) is 9.09. The smallest absolute Gasteiger partial charge is 0.146 e. The second kappa shape index (κ2) is 7.66. The van der Waals surface area contributed by atoms with E-state index in [2.05, 4.69) is 41.6 Å². The van der Waals surface area contributed by atoms with Crippen LogP contribution in [0.1, 0.15) is 55.5 Å². The minimum absolute atomic E-state index is 0.469. The third-order valence-corrected chi connectivity index (χ3v) is 5.61. The van der Waals surface area contributed by atoms with E-state index in [0.29, 0.717) is 5.92 Å². The van der Waals surface area contributed by atoms with E-state index in [0.717, 1.165) is 43.7 Å². The summed E-state index contributed by atoms with van der Waals surface area (Å²) in [7, 11) is 2.14. The molecular weight excluding hydrogens is 314 g/mol. The molecule has 2 aromatic rings. The molecule has 0 aliphatic carbocycles. The first-order valence-electron chi connectivity index (χ1n) is 9.61. The summed E-state index contributed by atoms with van der Waals surface area (Å²) in [6, 6.07) is 0. The fourth-order valence-electron chi connectivity index (χ4n) is 4.19. The quantitative estimate of drug-likeness (QED) is 0.898. The molecule has 4 heterocycles. The lowest BCUT2D eigenvalue weighted by molar-refractivity contribution is 0.190. The number of imidazole rings is 1. The molecule has 0 radical (unpaired) electrons. The molecule has 136 valence electrons. The van der Waals surface area contributed by atoms with Gasteiger partial charge in [-0.15, -0.1) is 10.2 Å². The number of aromatic amines is 1. The molecule has 0 spiro atoms. The number of nitrogens with zero attached hydrogens (tertiary/aromatic N) is 6. The van der Waals surface area contributed by atoms with Gasteiger partial charge in [0.1, 0.15) is 17.5 Å². The van der Waals surface area contributed by atoms with Crippen molar-refractivity contribution in [2.75, 3.05) is 26.2 Å². The Labute approximate surface area is 149 Å². The summed E-state index contributed by atoms with van der Waals surface area (Å²) in [5.41, 5.74) is 0. The molecule has 2 fully saturated rings. The fourth-order valence-corrected chi connectivity index (χ4v) is 4.19. The van der Waals surface area contributed by atoms with Gasteiger partial charge in [-0.2, -0.15) is 0 Å². The zero-order chi connectivity index (χ0) is 17.1. The van der Waals surface area contributed by atoms with Crippen molar-refractivity contribution in [3.63, 3.8) is 0 Å². The second-order valence-electron chi connectivity index (χ2n) is 7.48. The highest BCUT2D eigenvalue weighted by molar-refractivity contribution is 5.04. The predicted octanol–water partition coefficient (Wildman–Crippen LogP) is 1.90. The van der Waals surface area contributed by atoms with Crippen LogP contribution in [0.15, 0.2) is 12.4 Å². The summed E-state index contributed by atoms with van der Waals surface area (Å²) < 4.78 is 2.25. The summed E-state index contributed by atoms with van der Waals surface area (Å²) >= 11 is 0. The molecule has 0 bridgehead atoms. The number of H-pyrrole nitrogens is 1. The van der Waals surface area contributed by atoms with Crippen molar-refractivity contribution in [2.24, 2.45) is 7.05 Å². The van der Waals surface area contributed by atoms with Gasteiger partial charge in [0.2, 0.25) is 0 Å². The van der Waals surface area contributed by atoms with E-state index in [1.807, 2.05) is 12.4 Å². The van der Waals surface area contributed by atoms with Crippen LogP contribution in [0.4, 0.5) is 0 Å². The molecule has 0 unspecified atom stereocenters. The molecule has 0 aromatic carbocycles. The molecule has 7 nitrogen and oxygen atoms in total. The minimum Gasteiger partial charge on any atom is -0.348 e. The van der Waals surface area contributed by atoms with Crippen LogP contribution in [0.5, 0.6) is 0 Å². The highest BCUT2D eigenvalue weighted by Gasteiger charge is 2.26. The van der Waals surface area contributed by atoms with E-state index < -0.39 is 0 Å². The topological polar surface area (TPSA) is 65.9 Å². The number of piperidine rings is 2. The van der Waals surface area contributed by atoms with Gasteiger partial charge >= 0.3 is 0 Å². The van der Waals surface area contributed by atoms with Crippen molar-refractivity contribution in [3.05, 3.63) is 29.9 Å². The molecule has 2 saturated heterocycles. The first-order valence-corrected chi connectivity index (χ1v) is 9.61. The van der Waals surface area contributed by atoms with E-state index in [1.54, 1.807) is 0 Å². The van der Waals surface area contributed by atoms with E-state index in [9.17, 15) is 0 Å². The lowest BCUT2D eigenvalue weighted by atomic mass is 9.97. The summed E-state index contributed by atoms with van der Waals surface area (Å²) in [6.07, 6.45) is 10.1. The highest BCUT2D eigenvalue weighted by Crippen LogP contribution is 2.26. The fraction of sp³-hybridized carbons (Fsp3) is 0.722. The van der Waals surface area contributed by atoms with Crippen LogP contribution in [0.2, 0.25) is 0 Å². The average Bonchev–Trinajstić information content (AvgIpc) is 3.27. The molecule has 2 aliphatic heterocycles. The van der Waals surface area contributed by atoms with E-state index in [4.69, 9.17) is 0 Å². The van der Waals surface area contributed by atoms with Crippen LogP contribution < -0.4 is 0 Å². The lowest BCUT2D eigenvalue weighted by Crippen LogP contribution is -2.35. The molecular formula is C18H29N7. The highest BCUT2D eigenvalue weighted by atomic mass is 15.3. The molecule has 0 amide bonds. The normalized spacial score (nSPS) is 23.2. The molecule has 0 saturated carbocycles. The van der Waals surface area contributed by atoms with Gasteiger partial charge in [-0.3, -0.25) is 9.80 Å². The largest absolute Gasteiger partial charge is 0.348 e. The molecule has 25 heavy (non-hydrogen) atoms. The SMILES string of the molecule is Cn1c(CN2CCCCC2)nnc1[C@@H]1CCCN(Cc2ncc[nH]2)C1. The maximum Gasteiger partial charge on any atom is 0.146 e. The van der Waals surface area contributed by atoms with E-state index in [-0.39, 0.29) is 0 Å². The predicted molar refractivity (Wildman–Crippen MR) is 96.0 cm³/mol. The molecule has 1 N–H and O–H groups in total. The zero-order valence-corrected chi connectivity index (χ0v) is 15.2. The summed E-state index contributed by atoms with van der Waals surface area (Å²) in [5.74, 6) is 3.77. The van der Waals surface area contributed by atoms with E-state index in [1.165, 1.54) is 45.2 Å². The number of likely N-dealkylation sites (tertiary alicyclic amines) is 2. The summed E-state index contributed by atoms with van der Waals surface area (Å²) in [4.78, 5) is 12.6.